The third-order valence-corrected chi connectivity index (χ3v) is 3.64. The number of hydrogen-bond acceptors (Lipinski definition) is 3. The first-order valence-electron chi connectivity index (χ1n) is 5.97. The van der Waals surface area contributed by atoms with Crippen LogP contribution >= 0.6 is 15.9 Å². The van der Waals surface area contributed by atoms with Crippen LogP contribution in [-0.4, -0.2) is 30.0 Å². The Morgan fingerprint density at radius 1 is 1.41 bits per heavy atom. The lowest BCUT2D eigenvalue weighted by Crippen LogP contribution is -2.36. The number of rotatable bonds is 4. The minimum absolute atomic E-state index is 0.0267. The topological polar surface area (TPSA) is 41.5 Å². The summed E-state index contributed by atoms with van der Waals surface area (Å²) in [7, 11) is 0. The zero-order chi connectivity index (χ0) is 12.3. The maximum absolute atomic E-state index is 9.44. The maximum atomic E-state index is 9.44. The molecule has 1 aliphatic heterocycles. The minimum Gasteiger partial charge on any atom is -0.394 e. The Bertz CT molecular complexity index is 355. The van der Waals surface area contributed by atoms with Gasteiger partial charge < -0.3 is 15.2 Å². The molecule has 1 heterocycles. The molecular weight excluding hydrogens is 282 g/mol. The van der Waals surface area contributed by atoms with Crippen molar-refractivity contribution in [3.8, 4) is 0 Å². The second kappa shape index (κ2) is 5.85. The van der Waals surface area contributed by atoms with Gasteiger partial charge in [-0.3, -0.25) is 0 Å². The average molecular weight is 300 g/mol. The highest BCUT2D eigenvalue weighted by molar-refractivity contribution is 9.10. The van der Waals surface area contributed by atoms with E-state index in [-0.39, 0.29) is 18.8 Å². The van der Waals surface area contributed by atoms with Crippen molar-refractivity contribution in [3.05, 3.63) is 28.7 Å². The van der Waals surface area contributed by atoms with Gasteiger partial charge in [-0.05, 0) is 44.0 Å². The molecule has 2 N–H and O–H groups in total. The van der Waals surface area contributed by atoms with Crippen molar-refractivity contribution in [2.75, 3.05) is 11.9 Å². The summed E-state index contributed by atoms with van der Waals surface area (Å²) in [6.45, 7) is 2.17. The lowest BCUT2D eigenvalue weighted by molar-refractivity contribution is 0.0324. The van der Waals surface area contributed by atoms with E-state index in [1.807, 2.05) is 24.3 Å². The Kier molecular flexibility index (Phi) is 4.42. The molecule has 4 heteroatoms. The van der Waals surface area contributed by atoms with Crippen molar-refractivity contribution < 1.29 is 9.84 Å². The number of aliphatic hydroxyl groups excluding tert-OH is 1. The number of aliphatic hydroxyl groups is 1. The van der Waals surface area contributed by atoms with Crippen molar-refractivity contribution in [1.82, 2.24) is 0 Å². The smallest absolute Gasteiger partial charge is 0.0803 e. The fourth-order valence-electron chi connectivity index (χ4n) is 2.15. The first kappa shape index (κ1) is 12.9. The van der Waals surface area contributed by atoms with Crippen molar-refractivity contribution in [1.29, 1.82) is 0 Å². The van der Waals surface area contributed by atoms with E-state index >= 15 is 0 Å². The van der Waals surface area contributed by atoms with Gasteiger partial charge in [0.15, 0.2) is 0 Å². The van der Waals surface area contributed by atoms with Gasteiger partial charge in [-0.25, -0.2) is 0 Å². The third kappa shape index (κ3) is 3.44. The summed E-state index contributed by atoms with van der Waals surface area (Å²) >= 11 is 3.40. The lowest BCUT2D eigenvalue weighted by atomic mass is 10.1. The Morgan fingerprint density at radius 2 is 2.12 bits per heavy atom. The monoisotopic (exact) mass is 299 g/mol. The molecule has 1 aliphatic rings. The largest absolute Gasteiger partial charge is 0.394 e. The van der Waals surface area contributed by atoms with E-state index in [2.05, 4.69) is 28.2 Å². The number of nitrogens with one attached hydrogen (secondary N) is 1. The predicted octanol–water partition coefficient (Wildman–Crippen LogP) is 2.79. The highest BCUT2D eigenvalue weighted by Gasteiger charge is 2.29. The summed E-state index contributed by atoms with van der Waals surface area (Å²) < 4.78 is 6.83. The Balaban J connectivity index is 1.97. The van der Waals surface area contributed by atoms with E-state index in [1.54, 1.807) is 0 Å². The molecule has 1 aromatic rings. The van der Waals surface area contributed by atoms with Gasteiger partial charge in [0, 0.05) is 10.2 Å². The van der Waals surface area contributed by atoms with Crippen LogP contribution in [0, 0.1) is 0 Å². The zero-order valence-electron chi connectivity index (χ0n) is 9.90. The molecule has 0 saturated carbocycles. The molecular formula is C13H18BrNO2. The fraction of sp³-hybridized carbons (Fsp3) is 0.538. The molecule has 3 unspecified atom stereocenters. The van der Waals surface area contributed by atoms with Crippen LogP contribution in [-0.2, 0) is 4.74 Å². The van der Waals surface area contributed by atoms with Crippen molar-refractivity contribution in [2.45, 2.75) is 38.0 Å². The van der Waals surface area contributed by atoms with Gasteiger partial charge in [0.1, 0.15) is 0 Å². The van der Waals surface area contributed by atoms with Crippen LogP contribution in [0.15, 0.2) is 28.7 Å². The number of halogens is 1. The standard InChI is InChI=1S/C13H18BrNO2/c1-9-2-7-13(17-9)12(8-16)15-11-5-3-10(14)4-6-11/h3-6,9,12-13,15-16H,2,7-8H2,1H3. The average Bonchev–Trinajstić information content (AvgIpc) is 2.75. The molecule has 1 fully saturated rings. The van der Waals surface area contributed by atoms with Crippen molar-refractivity contribution in [2.24, 2.45) is 0 Å². The van der Waals surface area contributed by atoms with Crippen LogP contribution in [0.5, 0.6) is 0 Å². The Hall–Kier alpha value is -0.580. The molecule has 0 spiro atoms. The van der Waals surface area contributed by atoms with Crippen molar-refractivity contribution >= 4 is 21.6 Å². The van der Waals surface area contributed by atoms with Crippen LogP contribution in [0.25, 0.3) is 0 Å². The molecule has 3 atom stereocenters. The lowest BCUT2D eigenvalue weighted by Gasteiger charge is -2.23. The Morgan fingerprint density at radius 3 is 2.65 bits per heavy atom. The van der Waals surface area contributed by atoms with E-state index < -0.39 is 0 Å². The number of benzene rings is 1. The van der Waals surface area contributed by atoms with E-state index in [1.165, 1.54) is 0 Å². The third-order valence-electron chi connectivity index (χ3n) is 3.11. The maximum Gasteiger partial charge on any atom is 0.0803 e. The van der Waals surface area contributed by atoms with Crippen LogP contribution in [0.2, 0.25) is 0 Å². The fourth-order valence-corrected chi connectivity index (χ4v) is 2.41. The van der Waals surface area contributed by atoms with Crippen LogP contribution in [0.3, 0.4) is 0 Å². The second-order valence-corrected chi connectivity index (χ2v) is 5.42. The molecule has 3 nitrogen and oxygen atoms in total. The quantitative estimate of drug-likeness (QED) is 0.898. The SMILES string of the molecule is CC1CCC(C(CO)Nc2ccc(Br)cc2)O1. The highest BCUT2D eigenvalue weighted by Crippen LogP contribution is 2.24. The van der Waals surface area contributed by atoms with Gasteiger partial charge >= 0.3 is 0 Å². The molecule has 0 radical (unpaired) electrons. The van der Waals surface area contributed by atoms with Crippen LogP contribution in [0.4, 0.5) is 5.69 Å². The summed E-state index contributed by atoms with van der Waals surface area (Å²) in [5, 5.41) is 12.8. The Labute approximate surface area is 110 Å². The van der Waals surface area contributed by atoms with E-state index in [4.69, 9.17) is 4.74 Å². The minimum atomic E-state index is -0.0267. The highest BCUT2D eigenvalue weighted by atomic mass is 79.9. The normalized spacial score (nSPS) is 25.8. The molecule has 2 rings (SSSR count). The van der Waals surface area contributed by atoms with Gasteiger partial charge in [0.25, 0.3) is 0 Å². The van der Waals surface area contributed by atoms with Gasteiger partial charge in [0.2, 0.25) is 0 Å². The zero-order valence-corrected chi connectivity index (χ0v) is 11.5. The van der Waals surface area contributed by atoms with Gasteiger partial charge in [-0.15, -0.1) is 0 Å². The van der Waals surface area contributed by atoms with E-state index in [9.17, 15) is 5.11 Å². The molecule has 1 saturated heterocycles. The molecule has 0 amide bonds. The molecule has 0 bridgehead atoms. The van der Waals surface area contributed by atoms with Crippen LogP contribution < -0.4 is 5.32 Å². The molecule has 0 aliphatic carbocycles. The summed E-state index contributed by atoms with van der Waals surface area (Å²) in [5.41, 5.74) is 1.01. The second-order valence-electron chi connectivity index (χ2n) is 4.50. The van der Waals surface area contributed by atoms with E-state index in [0.29, 0.717) is 6.10 Å². The molecule has 1 aromatic carbocycles. The van der Waals surface area contributed by atoms with Crippen molar-refractivity contribution in [3.63, 3.8) is 0 Å². The summed E-state index contributed by atoms with van der Waals surface area (Å²) in [6.07, 6.45) is 2.50. The first-order chi connectivity index (χ1) is 8.19. The summed E-state index contributed by atoms with van der Waals surface area (Å²) in [6, 6.07) is 7.92. The number of anilines is 1. The first-order valence-corrected chi connectivity index (χ1v) is 6.77. The molecule has 0 aromatic heterocycles. The number of hydrogen-bond donors (Lipinski definition) is 2. The van der Waals surface area contributed by atoms with Gasteiger partial charge in [0.05, 0.1) is 24.9 Å². The molecule has 17 heavy (non-hydrogen) atoms. The van der Waals surface area contributed by atoms with E-state index in [0.717, 1.165) is 23.0 Å². The van der Waals surface area contributed by atoms with Gasteiger partial charge in [-0.2, -0.15) is 0 Å². The summed E-state index contributed by atoms with van der Waals surface area (Å²) in [4.78, 5) is 0. The number of ether oxygens (including phenoxy) is 1. The van der Waals surface area contributed by atoms with Crippen LogP contribution in [0.1, 0.15) is 19.8 Å². The summed E-state index contributed by atoms with van der Waals surface area (Å²) in [5.74, 6) is 0. The predicted molar refractivity (Wildman–Crippen MR) is 72.2 cm³/mol. The molecule has 94 valence electrons. The van der Waals surface area contributed by atoms with Gasteiger partial charge in [-0.1, -0.05) is 15.9 Å².